The highest BCUT2D eigenvalue weighted by molar-refractivity contribution is 7.87. The van der Waals surface area contributed by atoms with E-state index >= 15 is 0 Å². The first-order chi connectivity index (χ1) is 13.5. The predicted octanol–water partition coefficient (Wildman–Crippen LogP) is 5.89. The Morgan fingerprint density at radius 2 is 1.28 bits per heavy atom. The Bertz CT molecular complexity index is 1190. The number of benzene rings is 3. The second-order valence-corrected chi connectivity index (χ2v) is 9.26. The van der Waals surface area contributed by atoms with Crippen LogP contribution >= 0.6 is 46.4 Å². The third-order valence-corrected chi connectivity index (χ3v) is 7.38. The Kier molecular flexibility index (Phi) is 5.98. The van der Waals surface area contributed by atoms with Gasteiger partial charge in [-0.1, -0.05) is 70.7 Å². The normalized spacial score (nSPS) is 13.8. The van der Waals surface area contributed by atoms with Crippen molar-refractivity contribution in [2.45, 2.75) is 4.75 Å². The van der Waals surface area contributed by atoms with E-state index in [9.17, 15) is 23.2 Å². The lowest BCUT2D eigenvalue weighted by Gasteiger charge is -2.33. The van der Waals surface area contributed by atoms with E-state index in [-0.39, 0.29) is 42.5 Å². The van der Waals surface area contributed by atoms with Crippen LogP contribution in [-0.4, -0.2) is 23.2 Å². The largest absolute Gasteiger partial charge is 0.508 e. The summed E-state index contributed by atoms with van der Waals surface area (Å²) in [6, 6.07) is 11.6. The fraction of sp³-hybridized carbons (Fsp3) is 0.0526. The van der Waals surface area contributed by atoms with Crippen LogP contribution in [0.25, 0.3) is 0 Å². The SMILES string of the molecule is O=S(=O)(O)C(c1ccc(O)c(Cl)c1)(c1cc(Cl)c(Cl)c(Cl)c1)c1ccccc1O. The summed E-state index contributed by atoms with van der Waals surface area (Å²) in [6.07, 6.45) is 0. The van der Waals surface area contributed by atoms with Crippen molar-refractivity contribution in [1.82, 2.24) is 0 Å². The molecule has 0 aliphatic rings. The summed E-state index contributed by atoms with van der Waals surface area (Å²) in [7, 11) is -5.04. The molecule has 0 heterocycles. The number of halogens is 4. The Morgan fingerprint density at radius 1 is 0.724 bits per heavy atom. The van der Waals surface area contributed by atoms with Gasteiger partial charge >= 0.3 is 0 Å². The van der Waals surface area contributed by atoms with E-state index < -0.39 is 20.6 Å². The highest BCUT2D eigenvalue weighted by Crippen LogP contribution is 2.49. The molecular formula is C19H12Cl4O5S. The van der Waals surface area contributed by atoms with Gasteiger partial charge < -0.3 is 10.2 Å². The smallest absolute Gasteiger partial charge is 0.283 e. The summed E-state index contributed by atoms with van der Waals surface area (Å²) in [5, 5.41) is 20.0. The minimum absolute atomic E-state index is 0.0117. The maximum absolute atomic E-state index is 12.9. The van der Waals surface area contributed by atoms with Crippen LogP contribution in [-0.2, 0) is 14.9 Å². The Hall–Kier alpha value is -1.67. The monoisotopic (exact) mass is 492 g/mol. The molecule has 0 amide bonds. The number of hydrogen-bond donors (Lipinski definition) is 3. The second kappa shape index (κ2) is 7.87. The van der Waals surface area contributed by atoms with Crippen LogP contribution in [0.4, 0.5) is 0 Å². The molecule has 0 aromatic heterocycles. The van der Waals surface area contributed by atoms with Gasteiger partial charge in [-0.25, -0.2) is 0 Å². The summed E-state index contributed by atoms with van der Waals surface area (Å²) >= 11 is 24.3. The molecule has 3 N–H and O–H groups in total. The van der Waals surface area contributed by atoms with Gasteiger partial charge in [0.15, 0.2) is 4.75 Å². The molecule has 1 unspecified atom stereocenters. The molecule has 0 saturated heterocycles. The minimum atomic E-state index is -5.04. The zero-order valence-corrected chi connectivity index (χ0v) is 18.1. The van der Waals surface area contributed by atoms with E-state index in [2.05, 4.69) is 0 Å². The van der Waals surface area contributed by atoms with E-state index in [1.807, 2.05) is 0 Å². The summed E-state index contributed by atoms with van der Waals surface area (Å²) in [5.41, 5.74) is -0.347. The number of phenolic OH excluding ortho intramolecular Hbond substituents is 2. The van der Waals surface area contributed by atoms with E-state index in [0.29, 0.717) is 0 Å². The summed E-state index contributed by atoms with van der Waals surface area (Å²) < 4.78 is 33.9. The number of para-hydroxylation sites is 1. The molecule has 0 aliphatic carbocycles. The molecule has 1 atom stereocenters. The molecule has 3 aromatic rings. The summed E-state index contributed by atoms with van der Waals surface area (Å²) in [5.74, 6) is -0.722. The molecule has 29 heavy (non-hydrogen) atoms. The van der Waals surface area contributed by atoms with Crippen molar-refractivity contribution in [2.75, 3.05) is 0 Å². The Balaban J connectivity index is 2.58. The van der Waals surface area contributed by atoms with E-state index in [0.717, 1.165) is 12.1 Å². The van der Waals surface area contributed by atoms with Gasteiger partial charge in [-0.3, -0.25) is 4.55 Å². The van der Waals surface area contributed by atoms with Crippen LogP contribution in [0.2, 0.25) is 20.1 Å². The van der Waals surface area contributed by atoms with E-state index in [4.69, 9.17) is 46.4 Å². The number of aromatic hydroxyl groups is 2. The van der Waals surface area contributed by atoms with E-state index in [1.165, 1.54) is 42.5 Å². The Morgan fingerprint density at radius 3 is 1.79 bits per heavy atom. The molecule has 0 saturated carbocycles. The van der Waals surface area contributed by atoms with Crippen LogP contribution < -0.4 is 0 Å². The van der Waals surface area contributed by atoms with Crippen LogP contribution in [0, 0.1) is 0 Å². The molecular weight excluding hydrogens is 482 g/mol. The van der Waals surface area contributed by atoms with Crippen LogP contribution in [0.5, 0.6) is 11.5 Å². The van der Waals surface area contributed by atoms with Gasteiger partial charge in [-0.15, -0.1) is 0 Å². The first kappa shape index (κ1) is 22.0. The van der Waals surface area contributed by atoms with Gasteiger partial charge in [-0.2, -0.15) is 8.42 Å². The van der Waals surface area contributed by atoms with Crippen molar-refractivity contribution < 1.29 is 23.2 Å². The lowest BCUT2D eigenvalue weighted by atomic mass is 9.83. The van der Waals surface area contributed by atoms with Crippen molar-refractivity contribution in [3.8, 4) is 11.5 Å². The lowest BCUT2D eigenvalue weighted by molar-refractivity contribution is 0.440. The quantitative estimate of drug-likeness (QED) is 0.239. The highest BCUT2D eigenvalue weighted by Gasteiger charge is 2.50. The molecule has 0 aliphatic heterocycles. The maximum Gasteiger partial charge on any atom is 0.283 e. The lowest BCUT2D eigenvalue weighted by Crippen LogP contribution is -2.38. The zero-order chi connectivity index (χ0) is 21.6. The maximum atomic E-state index is 12.9. The Labute approximate surface area is 186 Å². The highest BCUT2D eigenvalue weighted by atomic mass is 35.5. The molecule has 5 nitrogen and oxygen atoms in total. The standard InChI is InChI=1S/C19H12Cl4O5S/c20-13-7-10(5-6-17(13)25)19(29(26,27)28,12-3-1-2-4-16(12)24)11-8-14(21)18(23)15(22)9-11/h1-9,24-25H,(H,26,27,28). The third kappa shape index (κ3) is 3.65. The minimum Gasteiger partial charge on any atom is -0.508 e. The van der Waals surface area contributed by atoms with Crippen molar-refractivity contribution in [1.29, 1.82) is 0 Å². The van der Waals surface area contributed by atoms with Gasteiger partial charge in [0.2, 0.25) is 0 Å². The topological polar surface area (TPSA) is 94.8 Å². The number of phenols is 2. The average molecular weight is 494 g/mol. The van der Waals surface area contributed by atoms with Crippen LogP contribution in [0.1, 0.15) is 16.7 Å². The average Bonchev–Trinajstić information content (AvgIpc) is 2.63. The molecule has 0 fully saturated rings. The van der Waals surface area contributed by atoms with Crippen molar-refractivity contribution >= 4 is 56.5 Å². The summed E-state index contributed by atoms with van der Waals surface area (Å²) in [6.45, 7) is 0. The van der Waals surface area contributed by atoms with Crippen molar-refractivity contribution in [2.24, 2.45) is 0 Å². The number of rotatable bonds is 4. The zero-order valence-electron chi connectivity index (χ0n) is 14.3. The third-order valence-electron chi connectivity index (χ3n) is 4.41. The fourth-order valence-corrected chi connectivity index (χ4v) is 5.24. The molecule has 152 valence electrons. The van der Waals surface area contributed by atoms with Crippen molar-refractivity contribution in [3.05, 3.63) is 91.4 Å². The first-order valence-corrected chi connectivity index (χ1v) is 10.8. The number of hydrogen-bond acceptors (Lipinski definition) is 4. The van der Waals surface area contributed by atoms with Gasteiger partial charge in [0.1, 0.15) is 11.5 Å². The van der Waals surface area contributed by atoms with Crippen LogP contribution in [0.3, 0.4) is 0 Å². The fourth-order valence-electron chi connectivity index (χ4n) is 3.17. The van der Waals surface area contributed by atoms with E-state index in [1.54, 1.807) is 0 Å². The first-order valence-electron chi connectivity index (χ1n) is 7.89. The van der Waals surface area contributed by atoms with Crippen molar-refractivity contribution in [3.63, 3.8) is 0 Å². The van der Waals surface area contributed by atoms with Gasteiger partial charge in [0.05, 0.1) is 20.1 Å². The van der Waals surface area contributed by atoms with Gasteiger partial charge in [-0.05, 0) is 41.5 Å². The second-order valence-electron chi connectivity index (χ2n) is 6.09. The molecule has 3 rings (SSSR count). The van der Waals surface area contributed by atoms with Gasteiger partial charge in [0, 0.05) is 5.56 Å². The van der Waals surface area contributed by atoms with Crippen LogP contribution in [0.15, 0.2) is 54.6 Å². The molecule has 3 aromatic carbocycles. The molecule has 0 radical (unpaired) electrons. The molecule has 10 heteroatoms. The predicted molar refractivity (Wildman–Crippen MR) is 114 cm³/mol. The summed E-state index contributed by atoms with van der Waals surface area (Å²) in [4.78, 5) is 0. The molecule has 0 bridgehead atoms. The molecule has 0 spiro atoms. The van der Waals surface area contributed by atoms with Gasteiger partial charge in [0.25, 0.3) is 10.1 Å².